The molecule has 2 atom stereocenters. The maximum Gasteiger partial charge on any atom is 0.0483 e. The lowest BCUT2D eigenvalue weighted by Crippen LogP contribution is -2.64. The van der Waals surface area contributed by atoms with Crippen molar-refractivity contribution in [3.05, 3.63) is 0 Å². The van der Waals surface area contributed by atoms with Crippen LogP contribution in [0.15, 0.2) is 0 Å². The number of nitrogens with one attached hydrogen (secondary N) is 1. The quantitative estimate of drug-likeness (QED) is 0.834. The van der Waals surface area contributed by atoms with Crippen molar-refractivity contribution in [2.45, 2.75) is 70.5 Å². The molecule has 2 fully saturated rings. The summed E-state index contributed by atoms with van der Waals surface area (Å²) < 4.78 is 5.56. The Morgan fingerprint density at radius 3 is 2.61 bits per heavy atom. The molecule has 0 amide bonds. The second-order valence-corrected chi connectivity index (χ2v) is 6.22. The molecule has 0 saturated carbocycles. The van der Waals surface area contributed by atoms with Crippen molar-refractivity contribution in [1.29, 1.82) is 0 Å². The second-order valence-electron chi connectivity index (χ2n) is 6.22. The smallest absolute Gasteiger partial charge is 0.0483 e. The molecule has 0 spiro atoms. The lowest BCUT2D eigenvalue weighted by molar-refractivity contribution is -0.0547. The fraction of sp³-hybridized carbons (Fsp3) is 1.00. The fourth-order valence-corrected chi connectivity index (χ4v) is 3.53. The zero-order valence-corrected chi connectivity index (χ0v) is 12.4. The van der Waals surface area contributed by atoms with Crippen LogP contribution in [0.1, 0.15) is 52.9 Å². The van der Waals surface area contributed by atoms with E-state index in [0.717, 1.165) is 19.8 Å². The van der Waals surface area contributed by atoms with E-state index in [9.17, 15) is 0 Å². The van der Waals surface area contributed by atoms with E-state index in [2.05, 4.69) is 31.0 Å². The molecule has 0 radical (unpaired) electrons. The van der Waals surface area contributed by atoms with Gasteiger partial charge in [-0.1, -0.05) is 20.3 Å². The molecule has 0 bridgehead atoms. The summed E-state index contributed by atoms with van der Waals surface area (Å²) in [6.07, 6.45) is 6.23. The van der Waals surface area contributed by atoms with Crippen molar-refractivity contribution >= 4 is 0 Å². The summed E-state index contributed by atoms with van der Waals surface area (Å²) in [5.41, 5.74) is 0.368. The molecule has 0 aromatic carbocycles. The average Bonchev–Trinajstić information content (AvgIpc) is 2.40. The maximum atomic E-state index is 5.56. The van der Waals surface area contributed by atoms with Gasteiger partial charge >= 0.3 is 0 Å². The molecule has 2 heterocycles. The Morgan fingerprint density at radius 1 is 1.28 bits per heavy atom. The van der Waals surface area contributed by atoms with E-state index in [-0.39, 0.29) is 0 Å². The highest BCUT2D eigenvalue weighted by Gasteiger charge is 2.40. The van der Waals surface area contributed by atoms with Gasteiger partial charge in [0.1, 0.15) is 0 Å². The molecule has 0 aliphatic carbocycles. The first-order valence-electron chi connectivity index (χ1n) is 7.77. The van der Waals surface area contributed by atoms with Crippen LogP contribution < -0.4 is 5.32 Å². The van der Waals surface area contributed by atoms with E-state index in [0.29, 0.717) is 17.6 Å². The largest absolute Gasteiger partial charge is 0.381 e. The highest BCUT2D eigenvalue weighted by molar-refractivity contribution is 4.97. The topological polar surface area (TPSA) is 24.5 Å². The van der Waals surface area contributed by atoms with Gasteiger partial charge in [-0.3, -0.25) is 4.90 Å². The summed E-state index contributed by atoms with van der Waals surface area (Å²) in [5.74, 6) is 0. The average molecular weight is 254 g/mol. The van der Waals surface area contributed by atoms with E-state index in [1.54, 1.807) is 0 Å². The minimum Gasteiger partial charge on any atom is -0.381 e. The van der Waals surface area contributed by atoms with Crippen LogP contribution in [0.2, 0.25) is 0 Å². The molecule has 2 unspecified atom stereocenters. The molecule has 2 aliphatic rings. The zero-order valence-electron chi connectivity index (χ0n) is 12.4. The summed E-state index contributed by atoms with van der Waals surface area (Å²) in [6, 6.07) is 1.40. The second kappa shape index (κ2) is 6.36. The van der Waals surface area contributed by atoms with E-state index < -0.39 is 0 Å². The lowest BCUT2D eigenvalue weighted by atomic mass is 9.86. The van der Waals surface area contributed by atoms with E-state index in [1.165, 1.54) is 38.6 Å². The number of hydrogen-bond acceptors (Lipinski definition) is 3. The molecule has 0 aromatic rings. The fourth-order valence-electron chi connectivity index (χ4n) is 3.53. The number of nitrogens with zero attached hydrogens (tertiary/aromatic N) is 1. The summed E-state index contributed by atoms with van der Waals surface area (Å²) >= 11 is 0. The molecule has 0 aromatic heterocycles. The molecule has 18 heavy (non-hydrogen) atoms. The van der Waals surface area contributed by atoms with Crippen LogP contribution in [0.5, 0.6) is 0 Å². The van der Waals surface area contributed by atoms with Crippen molar-refractivity contribution in [1.82, 2.24) is 10.2 Å². The van der Waals surface area contributed by atoms with Crippen molar-refractivity contribution in [3.8, 4) is 0 Å². The van der Waals surface area contributed by atoms with Gasteiger partial charge in [0, 0.05) is 43.9 Å². The van der Waals surface area contributed by atoms with Gasteiger partial charge in [0.2, 0.25) is 0 Å². The minimum absolute atomic E-state index is 0.368. The Morgan fingerprint density at radius 2 is 2.00 bits per heavy atom. The molecule has 3 nitrogen and oxygen atoms in total. The van der Waals surface area contributed by atoms with Crippen LogP contribution >= 0.6 is 0 Å². The molecular formula is C15H30N2O. The van der Waals surface area contributed by atoms with Crippen molar-refractivity contribution in [2.75, 3.05) is 26.3 Å². The molecule has 3 heteroatoms. The summed E-state index contributed by atoms with van der Waals surface area (Å²) in [5, 5.41) is 3.73. The highest BCUT2D eigenvalue weighted by Crippen LogP contribution is 2.32. The van der Waals surface area contributed by atoms with Gasteiger partial charge in [0.15, 0.2) is 0 Å². The standard InChI is InChI=1S/C15H30N2O/c1-4-6-13-12-17(14(5-2)11-16-13)15(3)7-9-18-10-8-15/h13-14,16H,4-12H2,1-3H3. The maximum absolute atomic E-state index is 5.56. The van der Waals surface area contributed by atoms with Gasteiger partial charge < -0.3 is 10.1 Å². The number of hydrogen-bond donors (Lipinski definition) is 1. The van der Waals surface area contributed by atoms with Crippen LogP contribution in [-0.4, -0.2) is 48.8 Å². The van der Waals surface area contributed by atoms with Gasteiger partial charge in [0.25, 0.3) is 0 Å². The van der Waals surface area contributed by atoms with Gasteiger partial charge in [-0.2, -0.15) is 0 Å². The predicted octanol–water partition coefficient (Wildman–Crippen LogP) is 2.41. The first kappa shape index (κ1) is 14.3. The summed E-state index contributed by atoms with van der Waals surface area (Å²) in [7, 11) is 0. The first-order valence-corrected chi connectivity index (χ1v) is 7.77. The molecule has 106 valence electrons. The molecule has 2 aliphatic heterocycles. The lowest BCUT2D eigenvalue weighted by Gasteiger charge is -2.52. The Bertz CT molecular complexity index is 251. The predicted molar refractivity (Wildman–Crippen MR) is 75.9 cm³/mol. The van der Waals surface area contributed by atoms with Gasteiger partial charge in [0.05, 0.1) is 0 Å². The SMILES string of the molecule is CCCC1CN(C2(C)CCOCC2)C(CC)CN1. The van der Waals surface area contributed by atoms with Crippen molar-refractivity contribution in [2.24, 2.45) is 0 Å². The van der Waals surface area contributed by atoms with Gasteiger partial charge in [-0.05, 0) is 32.6 Å². The first-order chi connectivity index (χ1) is 8.69. The van der Waals surface area contributed by atoms with E-state index >= 15 is 0 Å². The van der Waals surface area contributed by atoms with E-state index in [1.807, 2.05) is 0 Å². The van der Waals surface area contributed by atoms with Gasteiger partial charge in [-0.25, -0.2) is 0 Å². The summed E-state index contributed by atoms with van der Waals surface area (Å²) in [6.45, 7) is 11.3. The summed E-state index contributed by atoms with van der Waals surface area (Å²) in [4.78, 5) is 2.80. The third kappa shape index (κ3) is 3.06. The number of rotatable bonds is 4. The van der Waals surface area contributed by atoms with E-state index in [4.69, 9.17) is 4.74 Å². The normalized spacial score (nSPS) is 33.5. The third-order valence-electron chi connectivity index (χ3n) is 4.87. The van der Waals surface area contributed by atoms with Crippen LogP contribution in [0.4, 0.5) is 0 Å². The van der Waals surface area contributed by atoms with Crippen molar-refractivity contribution < 1.29 is 4.74 Å². The Kier molecular flexibility index (Phi) is 5.05. The molecular weight excluding hydrogens is 224 g/mol. The van der Waals surface area contributed by atoms with Gasteiger partial charge in [-0.15, -0.1) is 0 Å². The third-order valence-corrected chi connectivity index (χ3v) is 4.87. The highest BCUT2D eigenvalue weighted by atomic mass is 16.5. The van der Waals surface area contributed by atoms with Crippen LogP contribution in [-0.2, 0) is 4.74 Å². The Hall–Kier alpha value is -0.120. The zero-order chi connectivity index (χ0) is 13.0. The Balaban J connectivity index is 2.04. The Labute approximate surface area is 112 Å². The van der Waals surface area contributed by atoms with Crippen molar-refractivity contribution in [3.63, 3.8) is 0 Å². The minimum atomic E-state index is 0.368. The van der Waals surface area contributed by atoms with Crippen LogP contribution in [0.3, 0.4) is 0 Å². The monoisotopic (exact) mass is 254 g/mol. The molecule has 1 N–H and O–H groups in total. The number of piperazine rings is 1. The van der Waals surface area contributed by atoms with Crippen LogP contribution in [0.25, 0.3) is 0 Å². The molecule has 2 saturated heterocycles. The molecule has 2 rings (SSSR count). The van der Waals surface area contributed by atoms with Crippen LogP contribution in [0, 0.1) is 0 Å². The number of ether oxygens (including phenoxy) is 1.